The summed E-state index contributed by atoms with van der Waals surface area (Å²) in [5.41, 5.74) is 0. The lowest BCUT2D eigenvalue weighted by atomic mass is 9.78. The molecule has 2 unspecified atom stereocenters. The molecular weight excluding hydrogens is 272 g/mol. The molecule has 1 aliphatic heterocycles. The number of hydrogen-bond acceptors (Lipinski definition) is 2. The first-order valence-electron chi connectivity index (χ1n) is 8.29. The lowest BCUT2D eigenvalue weighted by molar-refractivity contribution is -0.122. The summed E-state index contributed by atoms with van der Waals surface area (Å²) in [4.78, 5) is 12.1. The summed E-state index contributed by atoms with van der Waals surface area (Å²) in [7, 11) is 0. The number of unbranched alkanes of at least 4 members (excludes halogenated alkanes) is 1. The third-order valence-electron chi connectivity index (χ3n) is 4.88. The minimum atomic E-state index is 0. The molecule has 0 aromatic heterocycles. The van der Waals surface area contributed by atoms with E-state index in [9.17, 15) is 4.79 Å². The largest absolute Gasteiger partial charge is 0.353 e. The Bertz CT molecular complexity index is 276. The van der Waals surface area contributed by atoms with Crippen molar-refractivity contribution in [3.05, 3.63) is 0 Å². The standard InChI is InChI=1S/C16H30N2O.ClH/c1-2-3-7-15(14-5-4-6-14)18-16(19)9-8-13-10-11-17-12-13;/h13-15,17H,2-12H2,1H3,(H,18,19);1H. The van der Waals surface area contributed by atoms with Gasteiger partial charge in [0.1, 0.15) is 0 Å². The van der Waals surface area contributed by atoms with Gasteiger partial charge in [-0.05, 0) is 57.0 Å². The van der Waals surface area contributed by atoms with E-state index in [4.69, 9.17) is 0 Å². The van der Waals surface area contributed by atoms with Crippen LogP contribution in [0.3, 0.4) is 0 Å². The Hall–Kier alpha value is -0.280. The van der Waals surface area contributed by atoms with Crippen molar-refractivity contribution in [2.75, 3.05) is 13.1 Å². The second kappa shape index (κ2) is 9.62. The zero-order chi connectivity index (χ0) is 13.5. The quantitative estimate of drug-likeness (QED) is 0.722. The van der Waals surface area contributed by atoms with Gasteiger partial charge in [0.15, 0.2) is 0 Å². The Morgan fingerprint density at radius 1 is 1.35 bits per heavy atom. The second-order valence-electron chi connectivity index (χ2n) is 6.40. The molecule has 1 aliphatic carbocycles. The van der Waals surface area contributed by atoms with Gasteiger partial charge in [-0.25, -0.2) is 0 Å². The van der Waals surface area contributed by atoms with Gasteiger partial charge in [-0.3, -0.25) is 4.79 Å². The number of halogens is 1. The average Bonchev–Trinajstić information content (AvgIpc) is 2.84. The summed E-state index contributed by atoms with van der Waals surface area (Å²) in [6, 6.07) is 0.461. The third-order valence-corrected chi connectivity index (χ3v) is 4.88. The van der Waals surface area contributed by atoms with Crippen LogP contribution in [0.1, 0.15) is 64.7 Å². The van der Waals surface area contributed by atoms with Gasteiger partial charge < -0.3 is 10.6 Å². The van der Waals surface area contributed by atoms with Gasteiger partial charge in [0.05, 0.1) is 0 Å². The van der Waals surface area contributed by atoms with Crippen LogP contribution in [0, 0.1) is 11.8 Å². The number of nitrogens with one attached hydrogen (secondary N) is 2. The minimum Gasteiger partial charge on any atom is -0.353 e. The fourth-order valence-corrected chi connectivity index (χ4v) is 3.27. The lowest BCUT2D eigenvalue weighted by Crippen LogP contribution is -2.42. The highest BCUT2D eigenvalue weighted by molar-refractivity contribution is 5.85. The van der Waals surface area contributed by atoms with Crippen molar-refractivity contribution in [1.29, 1.82) is 0 Å². The van der Waals surface area contributed by atoms with Crippen molar-refractivity contribution in [3.8, 4) is 0 Å². The van der Waals surface area contributed by atoms with E-state index in [1.807, 2.05) is 0 Å². The molecule has 118 valence electrons. The maximum Gasteiger partial charge on any atom is 0.220 e. The van der Waals surface area contributed by atoms with Crippen LogP contribution in [0.15, 0.2) is 0 Å². The first-order chi connectivity index (χ1) is 9.29. The smallest absolute Gasteiger partial charge is 0.220 e. The number of carbonyl (C=O) groups is 1. The van der Waals surface area contributed by atoms with Crippen LogP contribution in [0.5, 0.6) is 0 Å². The van der Waals surface area contributed by atoms with Gasteiger partial charge in [0.25, 0.3) is 0 Å². The van der Waals surface area contributed by atoms with Crippen LogP contribution in [0.25, 0.3) is 0 Å². The van der Waals surface area contributed by atoms with E-state index in [1.165, 1.54) is 44.9 Å². The SMILES string of the molecule is CCCCC(NC(=O)CCC1CCNC1)C1CCC1.Cl. The van der Waals surface area contributed by atoms with E-state index in [1.54, 1.807) is 0 Å². The van der Waals surface area contributed by atoms with E-state index in [0.717, 1.165) is 37.8 Å². The molecule has 4 heteroatoms. The fourth-order valence-electron chi connectivity index (χ4n) is 3.27. The zero-order valence-corrected chi connectivity index (χ0v) is 13.6. The Balaban J connectivity index is 0.00000200. The molecule has 2 aliphatic rings. The van der Waals surface area contributed by atoms with Crippen LogP contribution in [0.2, 0.25) is 0 Å². The summed E-state index contributed by atoms with van der Waals surface area (Å²) in [5.74, 6) is 1.78. The van der Waals surface area contributed by atoms with Crippen molar-refractivity contribution in [3.63, 3.8) is 0 Å². The van der Waals surface area contributed by atoms with E-state index in [2.05, 4.69) is 17.6 Å². The van der Waals surface area contributed by atoms with Crippen LogP contribution in [-0.4, -0.2) is 25.0 Å². The number of amides is 1. The Morgan fingerprint density at radius 3 is 2.70 bits per heavy atom. The van der Waals surface area contributed by atoms with Gasteiger partial charge in [-0.15, -0.1) is 12.4 Å². The average molecular weight is 303 g/mol. The molecule has 0 spiro atoms. The van der Waals surface area contributed by atoms with E-state index in [-0.39, 0.29) is 12.4 Å². The molecule has 2 N–H and O–H groups in total. The molecule has 0 bridgehead atoms. The predicted octanol–water partition coefficient (Wildman–Crippen LogP) is 3.27. The summed E-state index contributed by atoms with van der Waals surface area (Å²) in [6.45, 7) is 4.47. The fraction of sp³-hybridized carbons (Fsp3) is 0.938. The van der Waals surface area contributed by atoms with Crippen molar-refractivity contribution < 1.29 is 4.79 Å². The summed E-state index contributed by atoms with van der Waals surface area (Å²) in [6.07, 6.45) is 10.7. The van der Waals surface area contributed by atoms with Gasteiger partial charge >= 0.3 is 0 Å². The zero-order valence-electron chi connectivity index (χ0n) is 12.8. The molecule has 1 heterocycles. The monoisotopic (exact) mass is 302 g/mol. The molecule has 0 aromatic rings. The van der Waals surface area contributed by atoms with E-state index in [0.29, 0.717) is 11.9 Å². The first-order valence-corrected chi connectivity index (χ1v) is 8.29. The Kier molecular flexibility index (Phi) is 8.55. The normalized spacial score (nSPS) is 23.8. The summed E-state index contributed by atoms with van der Waals surface area (Å²) in [5, 5.41) is 6.69. The molecule has 20 heavy (non-hydrogen) atoms. The third kappa shape index (κ3) is 5.61. The Morgan fingerprint density at radius 2 is 2.15 bits per heavy atom. The molecule has 1 amide bonds. The topological polar surface area (TPSA) is 41.1 Å². The molecule has 2 fully saturated rings. The molecular formula is C16H31ClN2O. The van der Waals surface area contributed by atoms with Crippen LogP contribution in [-0.2, 0) is 4.79 Å². The molecule has 0 radical (unpaired) electrons. The number of rotatable bonds is 8. The minimum absolute atomic E-state index is 0. The van der Waals surface area contributed by atoms with Crippen molar-refractivity contribution in [2.24, 2.45) is 11.8 Å². The van der Waals surface area contributed by atoms with Gasteiger partial charge in [0, 0.05) is 12.5 Å². The number of carbonyl (C=O) groups excluding carboxylic acids is 1. The van der Waals surface area contributed by atoms with E-state index < -0.39 is 0 Å². The highest BCUT2D eigenvalue weighted by Gasteiger charge is 2.28. The number of hydrogen-bond donors (Lipinski definition) is 2. The van der Waals surface area contributed by atoms with Crippen LogP contribution < -0.4 is 10.6 Å². The van der Waals surface area contributed by atoms with Crippen molar-refractivity contribution >= 4 is 18.3 Å². The summed E-state index contributed by atoms with van der Waals surface area (Å²) < 4.78 is 0. The molecule has 2 atom stereocenters. The highest BCUT2D eigenvalue weighted by Crippen LogP contribution is 2.31. The lowest BCUT2D eigenvalue weighted by Gasteiger charge is -2.34. The van der Waals surface area contributed by atoms with Crippen LogP contribution >= 0.6 is 12.4 Å². The van der Waals surface area contributed by atoms with Gasteiger partial charge in [-0.2, -0.15) is 0 Å². The maximum absolute atomic E-state index is 12.1. The molecule has 3 nitrogen and oxygen atoms in total. The van der Waals surface area contributed by atoms with Crippen LogP contribution in [0.4, 0.5) is 0 Å². The molecule has 2 rings (SSSR count). The van der Waals surface area contributed by atoms with Crippen molar-refractivity contribution in [1.82, 2.24) is 10.6 Å². The molecule has 1 saturated heterocycles. The molecule has 0 aromatic carbocycles. The van der Waals surface area contributed by atoms with Crippen molar-refractivity contribution in [2.45, 2.75) is 70.8 Å². The maximum atomic E-state index is 12.1. The van der Waals surface area contributed by atoms with Gasteiger partial charge in [-0.1, -0.05) is 26.2 Å². The van der Waals surface area contributed by atoms with Gasteiger partial charge in [0.2, 0.25) is 5.91 Å². The predicted molar refractivity (Wildman–Crippen MR) is 86.3 cm³/mol. The molecule has 1 saturated carbocycles. The second-order valence-corrected chi connectivity index (χ2v) is 6.40. The van der Waals surface area contributed by atoms with E-state index >= 15 is 0 Å². The Labute approximate surface area is 130 Å². The summed E-state index contributed by atoms with van der Waals surface area (Å²) >= 11 is 0. The highest BCUT2D eigenvalue weighted by atomic mass is 35.5. The first kappa shape index (κ1) is 17.8.